The first-order chi connectivity index (χ1) is 10.9. The van der Waals surface area contributed by atoms with Gasteiger partial charge in [-0.2, -0.15) is 0 Å². The van der Waals surface area contributed by atoms with Crippen molar-refractivity contribution in [1.82, 2.24) is 5.32 Å². The quantitative estimate of drug-likeness (QED) is 0.763. The lowest BCUT2D eigenvalue weighted by atomic mass is 10.2. The van der Waals surface area contributed by atoms with Crippen LogP contribution in [0.4, 0.5) is 0 Å². The lowest BCUT2D eigenvalue weighted by molar-refractivity contribution is 0.852. The summed E-state index contributed by atoms with van der Waals surface area (Å²) in [4.78, 5) is 1.34. The summed E-state index contributed by atoms with van der Waals surface area (Å²) in [5.74, 6) is 0. The molecule has 1 N–H and O–H groups in total. The van der Waals surface area contributed by atoms with Crippen molar-refractivity contribution in [3.05, 3.63) is 89.0 Å². The minimum Gasteiger partial charge on any atom is -0.376 e. The average molecular weight is 309 g/mol. The van der Waals surface area contributed by atoms with E-state index in [-0.39, 0.29) is 0 Å². The van der Waals surface area contributed by atoms with Gasteiger partial charge in [0.1, 0.15) is 0 Å². The fourth-order valence-corrected chi connectivity index (χ4v) is 3.14. The van der Waals surface area contributed by atoms with E-state index in [9.17, 15) is 0 Å². The first-order valence-corrected chi connectivity index (χ1v) is 8.65. The predicted octanol–water partition coefficient (Wildman–Crippen LogP) is 5.82. The van der Waals surface area contributed by atoms with Crippen LogP contribution in [-0.2, 0) is 6.54 Å². The summed E-state index contributed by atoms with van der Waals surface area (Å²) in [6, 6.07) is 21.1. The van der Waals surface area contributed by atoms with E-state index in [0.717, 1.165) is 13.0 Å². The van der Waals surface area contributed by atoms with Crippen LogP contribution in [0.15, 0.2) is 77.8 Å². The molecule has 0 aliphatic carbocycles. The SMILES string of the molecule is C1=C(NCc2ccccc2)SC(c2ccccc2)=CC1.CC. The second kappa shape index (κ2) is 9.16. The van der Waals surface area contributed by atoms with Crippen molar-refractivity contribution in [2.24, 2.45) is 0 Å². The molecule has 114 valence electrons. The molecule has 2 aromatic carbocycles. The molecule has 0 atom stereocenters. The van der Waals surface area contributed by atoms with E-state index < -0.39 is 0 Å². The van der Waals surface area contributed by atoms with Crippen LogP contribution in [-0.4, -0.2) is 0 Å². The molecular formula is C20H23NS. The Morgan fingerprint density at radius 2 is 1.50 bits per heavy atom. The zero-order valence-electron chi connectivity index (χ0n) is 13.3. The summed E-state index contributed by atoms with van der Waals surface area (Å²) < 4.78 is 0. The molecule has 0 saturated heterocycles. The molecule has 0 unspecified atom stereocenters. The Labute approximate surface area is 138 Å². The van der Waals surface area contributed by atoms with Crippen molar-refractivity contribution < 1.29 is 0 Å². The molecule has 0 amide bonds. The standard InChI is InChI=1S/C18H17NS.C2H6/c1-3-8-15(9-4-1)14-19-18-13-7-12-17(20-18)16-10-5-2-6-11-16;1-2/h1-6,8-13,19H,7,14H2;1-2H3. The Balaban J connectivity index is 0.000000847. The number of hydrogen-bond donors (Lipinski definition) is 1. The number of nitrogens with one attached hydrogen (secondary N) is 1. The van der Waals surface area contributed by atoms with Crippen LogP contribution in [0, 0.1) is 0 Å². The fourth-order valence-electron chi connectivity index (χ4n) is 2.15. The van der Waals surface area contributed by atoms with E-state index >= 15 is 0 Å². The zero-order chi connectivity index (χ0) is 15.6. The Kier molecular flexibility index (Phi) is 6.85. The molecule has 2 aromatic rings. The number of hydrogen-bond acceptors (Lipinski definition) is 2. The normalized spacial score (nSPS) is 13.4. The maximum absolute atomic E-state index is 3.52. The molecule has 2 heteroatoms. The first kappa shape index (κ1) is 16.4. The van der Waals surface area contributed by atoms with Gasteiger partial charge in [0.25, 0.3) is 0 Å². The van der Waals surface area contributed by atoms with Crippen LogP contribution in [0.2, 0.25) is 0 Å². The Hall–Kier alpha value is -1.93. The number of rotatable bonds is 4. The molecule has 0 aromatic heterocycles. The maximum Gasteiger partial charge on any atom is 0.0695 e. The van der Waals surface area contributed by atoms with Crippen molar-refractivity contribution in [2.75, 3.05) is 0 Å². The number of thioether (sulfide) groups is 1. The lowest BCUT2D eigenvalue weighted by Crippen LogP contribution is -2.11. The molecule has 0 bridgehead atoms. The van der Waals surface area contributed by atoms with Crippen LogP contribution >= 0.6 is 11.8 Å². The van der Waals surface area contributed by atoms with Gasteiger partial charge in [-0.15, -0.1) is 0 Å². The molecule has 0 fully saturated rings. The largest absolute Gasteiger partial charge is 0.376 e. The summed E-state index contributed by atoms with van der Waals surface area (Å²) in [5.41, 5.74) is 2.61. The van der Waals surface area contributed by atoms with Gasteiger partial charge in [0.2, 0.25) is 0 Å². The van der Waals surface area contributed by atoms with Crippen LogP contribution in [0.3, 0.4) is 0 Å². The monoisotopic (exact) mass is 309 g/mol. The Bertz CT molecular complexity index is 615. The van der Waals surface area contributed by atoms with Gasteiger partial charge in [0, 0.05) is 11.4 Å². The van der Waals surface area contributed by atoms with Gasteiger partial charge < -0.3 is 5.32 Å². The molecule has 1 aliphatic heterocycles. The maximum atomic E-state index is 3.52. The molecule has 1 heterocycles. The zero-order valence-corrected chi connectivity index (χ0v) is 14.1. The molecule has 22 heavy (non-hydrogen) atoms. The molecular weight excluding hydrogens is 286 g/mol. The smallest absolute Gasteiger partial charge is 0.0695 e. The molecule has 0 saturated carbocycles. The van der Waals surface area contributed by atoms with E-state index in [1.165, 1.54) is 21.1 Å². The second-order valence-corrected chi connectivity index (χ2v) is 5.76. The molecule has 3 rings (SSSR count). The highest BCUT2D eigenvalue weighted by Gasteiger charge is 2.09. The Morgan fingerprint density at radius 1 is 0.864 bits per heavy atom. The van der Waals surface area contributed by atoms with Gasteiger partial charge in [-0.1, -0.05) is 98.4 Å². The average Bonchev–Trinajstić information content (AvgIpc) is 2.64. The first-order valence-electron chi connectivity index (χ1n) is 7.83. The number of allylic oxidation sites excluding steroid dienone is 2. The number of benzene rings is 2. The van der Waals surface area contributed by atoms with Crippen LogP contribution in [0.25, 0.3) is 4.91 Å². The van der Waals surface area contributed by atoms with E-state index in [0.29, 0.717) is 0 Å². The molecule has 1 aliphatic rings. The highest BCUT2D eigenvalue weighted by molar-refractivity contribution is 8.11. The van der Waals surface area contributed by atoms with E-state index in [2.05, 4.69) is 72.1 Å². The van der Waals surface area contributed by atoms with Crippen molar-refractivity contribution in [3.63, 3.8) is 0 Å². The predicted molar refractivity (Wildman–Crippen MR) is 99.3 cm³/mol. The molecule has 0 radical (unpaired) electrons. The second-order valence-electron chi connectivity index (χ2n) is 4.68. The topological polar surface area (TPSA) is 12.0 Å². The van der Waals surface area contributed by atoms with Gasteiger partial charge in [0.15, 0.2) is 0 Å². The highest BCUT2D eigenvalue weighted by atomic mass is 32.2. The van der Waals surface area contributed by atoms with Gasteiger partial charge in [-0.05, 0) is 17.5 Å². The highest BCUT2D eigenvalue weighted by Crippen LogP contribution is 2.36. The van der Waals surface area contributed by atoms with Crippen molar-refractivity contribution in [2.45, 2.75) is 26.8 Å². The van der Waals surface area contributed by atoms with Crippen LogP contribution in [0.1, 0.15) is 31.4 Å². The summed E-state index contributed by atoms with van der Waals surface area (Å²) in [7, 11) is 0. The summed E-state index contributed by atoms with van der Waals surface area (Å²) >= 11 is 1.81. The molecule has 1 nitrogen and oxygen atoms in total. The third-order valence-electron chi connectivity index (χ3n) is 3.19. The summed E-state index contributed by atoms with van der Waals surface area (Å²) in [6.07, 6.45) is 5.53. The minimum absolute atomic E-state index is 0.877. The third-order valence-corrected chi connectivity index (χ3v) is 4.35. The van der Waals surface area contributed by atoms with Crippen molar-refractivity contribution in [3.8, 4) is 0 Å². The van der Waals surface area contributed by atoms with Gasteiger partial charge in [-0.25, -0.2) is 0 Å². The summed E-state index contributed by atoms with van der Waals surface area (Å²) in [5, 5.41) is 4.77. The van der Waals surface area contributed by atoms with Crippen LogP contribution in [0.5, 0.6) is 0 Å². The van der Waals surface area contributed by atoms with E-state index in [4.69, 9.17) is 0 Å². The lowest BCUT2D eigenvalue weighted by Gasteiger charge is -2.16. The molecule has 0 spiro atoms. The van der Waals surface area contributed by atoms with Gasteiger partial charge in [0.05, 0.1) is 5.03 Å². The van der Waals surface area contributed by atoms with Gasteiger partial charge >= 0.3 is 0 Å². The summed E-state index contributed by atoms with van der Waals surface area (Å²) in [6.45, 7) is 4.88. The van der Waals surface area contributed by atoms with E-state index in [1.807, 2.05) is 31.7 Å². The van der Waals surface area contributed by atoms with E-state index in [1.54, 1.807) is 0 Å². The van der Waals surface area contributed by atoms with Crippen LogP contribution < -0.4 is 5.32 Å². The van der Waals surface area contributed by atoms with Gasteiger partial charge in [-0.3, -0.25) is 0 Å². The third kappa shape index (κ3) is 4.81. The fraction of sp³-hybridized carbons (Fsp3) is 0.200. The Morgan fingerprint density at radius 3 is 2.18 bits per heavy atom. The van der Waals surface area contributed by atoms with Crippen molar-refractivity contribution in [1.29, 1.82) is 0 Å². The van der Waals surface area contributed by atoms with Crippen molar-refractivity contribution >= 4 is 16.7 Å². The minimum atomic E-state index is 0.877.